The number of aromatic nitrogens is 2. The largest absolute Gasteiger partial charge is 0.444 e. The van der Waals surface area contributed by atoms with E-state index >= 15 is 0 Å². The first-order chi connectivity index (χ1) is 21.0. The van der Waals surface area contributed by atoms with Crippen LogP contribution in [0.15, 0.2) is 58.2 Å². The molecule has 1 atom stereocenters. The van der Waals surface area contributed by atoms with Gasteiger partial charge in [-0.05, 0) is 82.7 Å². The molecule has 3 aromatic rings. The van der Waals surface area contributed by atoms with Crippen molar-refractivity contribution in [3.8, 4) is 11.3 Å². The lowest BCUT2D eigenvalue weighted by Gasteiger charge is -2.33. The first-order valence-corrected chi connectivity index (χ1v) is 16.6. The number of aromatic amines is 1. The van der Waals surface area contributed by atoms with Crippen molar-refractivity contribution >= 4 is 28.0 Å². The zero-order chi connectivity index (χ0) is 33.1. The molecule has 0 spiro atoms. The maximum atomic E-state index is 13.9. The fraction of sp³-hybridized carbons (Fsp3) is 0.455. The Kier molecular flexibility index (Phi) is 10.1. The molecule has 0 aliphatic carbocycles. The van der Waals surface area contributed by atoms with E-state index in [1.54, 1.807) is 15.9 Å². The molecule has 11 nitrogen and oxygen atoms in total. The van der Waals surface area contributed by atoms with Crippen LogP contribution >= 0.6 is 0 Å². The summed E-state index contributed by atoms with van der Waals surface area (Å²) in [5.74, 6) is -0.315. The average molecular weight is 638 g/mol. The van der Waals surface area contributed by atoms with Crippen LogP contribution < -0.4 is 10.3 Å². The average Bonchev–Trinajstić information content (AvgIpc) is 3.13. The summed E-state index contributed by atoms with van der Waals surface area (Å²) >= 11 is 0. The number of amides is 2. The van der Waals surface area contributed by atoms with E-state index in [0.29, 0.717) is 38.2 Å². The third-order valence-corrected chi connectivity index (χ3v) is 8.79. The van der Waals surface area contributed by atoms with Gasteiger partial charge in [0.15, 0.2) is 0 Å². The van der Waals surface area contributed by atoms with E-state index in [-0.39, 0.29) is 34.3 Å². The highest BCUT2D eigenvalue weighted by molar-refractivity contribution is 7.92. The monoisotopic (exact) mass is 637 g/mol. The number of carbonyl (C=O) groups is 2. The molecule has 242 valence electrons. The topological polar surface area (TPSA) is 142 Å². The van der Waals surface area contributed by atoms with Crippen molar-refractivity contribution in [1.29, 1.82) is 0 Å². The van der Waals surface area contributed by atoms with Gasteiger partial charge < -0.3 is 14.5 Å². The highest BCUT2D eigenvalue weighted by Gasteiger charge is 2.33. The number of carbonyl (C=O) groups excluding carboxylic acids is 2. The standard InChI is InChI=1S/C33H43N5O6S/c1-21(2)17-25-20-37(32(41)44-33(5,6)7)15-10-16-38(25)30(40)24-13-9-14-26(18-24)45(42,43)36-31-34-27(19-28(39)35-31)29-22(3)11-8-12-23(29)4/h8-9,11-14,18-19,21,25H,10,15-17,20H2,1-7H3,(H2,34,35,36,39)/t25-/m0/s1. The number of sulfonamides is 1. The van der Waals surface area contributed by atoms with Gasteiger partial charge >= 0.3 is 6.09 Å². The Labute approximate surface area is 265 Å². The van der Waals surface area contributed by atoms with Crippen LogP contribution in [-0.4, -0.2) is 71.5 Å². The second kappa shape index (κ2) is 13.4. The van der Waals surface area contributed by atoms with Crippen LogP contribution in [-0.2, 0) is 14.8 Å². The summed E-state index contributed by atoms with van der Waals surface area (Å²) in [5, 5.41) is 0. The van der Waals surface area contributed by atoms with Gasteiger partial charge in [-0.1, -0.05) is 38.1 Å². The Morgan fingerprint density at radius 3 is 2.38 bits per heavy atom. The minimum atomic E-state index is -4.24. The molecule has 12 heteroatoms. The summed E-state index contributed by atoms with van der Waals surface area (Å²) in [4.78, 5) is 49.4. The summed E-state index contributed by atoms with van der Waals surface area (Å²) in [6.45, 7) is 14.5. The molecule has 0 unspecified atom stereocenters. The molecule has 2 amide bonds. The van der Waals surface area contributed by atoms with Crippen LogP contribution in [0, 0.1) is 19.8 Å². The van der Waals surface area contributed by atoms with Crippen molar-refractivity contribution in [3.63, 3.8) is 0 Å². The number of hydrogen-bond acceptors (Lipinski definition) is 7. The predicted octanol–water partition coefficient (Wildman–Crippen LogP) is 5.35. The van der Waals surface area contributed by atoms with Crippen LogP contribution in [0.25, 0.3) is 11.3 Å². The van der Waals surface area contributed by atoms with Gasteiger partial charge in [-0.3, -0.25) is 14.6 Å². The van der Waals surface area contributed by atoms with Crippen LogP contribution in [0.4, 0.5) is 10.7 Å². The summed E-state index contributed by atoms with van der Waals surface area (Å²) in [7, 11) is -4.24. The Morgan fingerprint density at radius 2 is 1.73 bits per heavy atom. The van der Waals surface area contributed by atoms with Crippen molar-refractivity contribution in [2.24, 2.45) is 5.92 Å². The number of aryl methyl sites for hydroxylation is 2. The highest BCUT2D eigenvalue weighted by atomic mass is 32.2. The number of nitrogens with zero attached hydrogens (tertiary/aromatic N) is 3. The second-order valence-electron chi connectivity index (χ2n) is 12.9. The Bertz CT molecular complexity index is 1710. The van der Waals surface area contributed by atoms with Gasteiger partial charge in [0.25, 0.3) is 21.5 Å². The smallest absolute Gasteiger partial charge is 0.410 e. The van der Waals surface area contributed by atoms with E-state index in [1.165, 1.54) is 24.3 Å². The van der Waals surface area contributed by atoms with E-state index in [1.807, 2.05) is 52.8 Å². The first kappa shape index (κ1) is 33.7. The molecule has 0 bridgehead atoms. The van der Waals surface area contributed by atoms with Crippen molar-refractivity contribution < 1.29 is 22.7 Å². The van der Waals surface area contributed by atoms with Gasteiger partial charge in [0.1, 0.15) is 5.60 Å². The fourth-order valence-corrected chi connectivity index (χ4v) is 6.57. The van der Waals surface area contributed by atoms with Crippen LogP contribution in [0.5, 0.6) is 0 Å². The molecule has 2 N–H and O–H groups in total. The first-order valence-electron chi connectivity index (χ1n) is 15.1. The zero-order valence-corrected chi connectivity index (χ0v) is 27.8. The summed E-state index contributed by atoms with van der Waals surface area (Å²) in [6.07, 6.45) is 0.785. The van der Waals surface area contributed by atoms with Gasteiger partial charge in [0.05, 0.1) is 10.6 Å². The van der Waals surface area contributed by atoms with Crippen LogP contribution in [0.1, 0.15) is 68.9 Å². The molecule has 1 saturated heterocycles. The minimum absolute atomic E-state index is 0.154. The normalized spacial score (nSPS) is 16.0. The van der Waals surface area contributed by atoms with E-state index in [4.69, 9.17) is 4.74 Å². The maximum Gasteiger partial charge on any atom is 0.410 e. The van der Waals surface area contributed by atoms with E-state index in [0.717, 1.165) is 16.7 Å². The SMILES string of the molecule is Cc1cccc(C)c1-c1cc(=O)[nH]c(NS(=O)(=O)c2cccc(C(=O)N3CCCN(C(=O)OC(C)(C)C)C[C@@H]3CC(C)C)c2)n1. The van der Waals surface area contributed by atoms with Crippen LogP contribution in [0.3, 0.4) is 0 Å². The van der Waals surface area contributed by atoms with Gasteiger partial charge in [0, 0.05) is 42.9 Å². The molecule has 4 rings (SSSR count). The van der Waals surface area contributed by atoms with E-state index in [9.17, 15) is 22.8 Å². The highest BCUT2D eigenvalue weighted by Crippen LogP contribution is 2.26. The molecule has 0 radical (unpaired) electrons. The van der Waals surface area contributed by atoms with Crippen molar-refractivity contribution in [2.75, 3.05) is 24.4 Å². The van der Waals surface area contributed by atoms with Gasteiger partial charge in [-0.25, -0.2) is 22.9 Å². The number of rotatable bonds is 7. The summed E-state index contributed by atoms with van der Waals surface area (Å²) in [6, 6.07) is 12.5. The van der Waals surface area contributed by atoms with Crippen molar-refractivity contribution in [1.82, 2.24) is 19.8 Å². The van der Waals surface area contributed by atoms with Gasteiger partial charge in [-0.15, -0.1) is 0 Å². The van der Waals surface area contributed by atoms with Crippen molar-refractivity contribution in [2.45, 2.75) is 77.8 Å². The third kappa shape index (κ3) is 8.50. The number of benzene rings is 2. The minimum Gasteiger partial charge on any atom is -0.444 e. The van der Waals surface area contributed by atoms with E-state index < -0.39 is 27.3 Å². The zero-order valence-electron chi connectivity index (χ0n) is 27.0. The third-order valence-electron chi connectivity index (χ3n) is 7.46. The molecule has 1 aromatic heterocycles. The summed E-state index contributed by atoms with van der Waals surface area (Å²) < 4.78 is 34.9. The molecular weight excluding hydrogens is 594 g/mol. The van der Waals surface area contributed by atoms with Gasteiger partial charge in [0.2, 0.25) is 5.95 Å². The lowest BCUT2D eigenvalue weighted by atomic mass is 10.00. The maximum absolute atomic E-state index is 13.9. The van der Waals surface area contributed by atoms with Crippen molar-refractivity contribution in [3.05, 3.63) is 75.6 Å². The number of anilines is 1. The number of ether oxygens (including phenoxy) is 1. The van der Waals surface area contributed by atoms with Gasteiger partial charge in [-0.2, -0.15) is 0 Å². The molecule has 45 heavy (non-hydrogen) atoms. The number of H-pyrrole nitrogens is 1. The lowest BCUT2D eigenvalue weighted by molar-refractivity contribution is 0.0219. The fourth-order valence-electron chi connectivity index (χ4n) is 5.57. The second-order valence-corrected chi connectivity index (χ2v) is 14.6. The molecule has 1 aliphatic heterocycles. The molecule has 1 fully saturated rings. The predicted molar refractivity (Wildman–Crippen MR) is 174 cm³/mol. The summed E-state index contributed by atoms with van der Waals surface area (Å²) in [5.41, 5.74) is 1.92. The Morgan fingerprint density at radius 1 is 1.07 bits per heavy atom. The Balaban J connectivity index is 1.60. The number of nitrogens with one attached hydrogen (secondary N) is 2. The van der Waals surface area contributed by atoms with E-state index in [2.05, 4.69) is 28.5 Å². The molecule has 2 heterocycles. The quantitative estimate of drug-likeness (QED) is 0.356. The molecule has 0 saturated carbocycles. The lowest BCUT2D eigenvalue weighted by Crippen LogP contribution is -2.47. The van der Waals surface area contributed by atoms with Crippen LogP contribution in [0.2, 0.25) is 0 Å². The Hall–Kier alpha value is -4.19. The molecule has 1 aliphatic rings. The molecule has 2 aromatic carbocycles. The molecular formula is C33H43N5O6S. The number of hydrogen-bond donors (Lipinski definition) is 2.